The predicted molar refractivity (Wildman–Crippen MR) is 38.1 cm³/mol. The molecule has 3 aliphatic rings. The lowest BCUT2D eigenvalue weighted by Crippen LogP contribution is -2.55. The van der Waals surface area contributed by atoms with Gasteiger partial charge in [-0.15, -0.1) is 0 Å². The smallest absolute Gasteiger partial charge is 0.0887 e. The maximum absolute atomic E-state index is 7.50. The lowest BCUT2D eigenvalue weighted by molar-refractivity contribution is -0.924. The Morgan fingerprint density at radius 2 is 1.78 bits per heavy atom. The molecule has 3 saturated heterocycles. The first-order chi connectivity index (χ1) is 5.54. The molecule has 0 aromatic heterocycles. The van der Waals surface area contributed by atoms with Crippen LogP contribution in [-0.2, 0) is 0 Å². The van der Waals surface area contributed by atoms with Crippen LogP contribution in [0, 0.1) is 5.92 Å². The number of hydrogen-bond donors (Lipinski definition) is 0. The molecule has 0 N–H and O–H groups in total. The highest BCUT2D eigenvalue weighted by atomic mass is 15.3. The van der Waals surface area contributed by atoms with Crippen LogP contribution < -0.4 is 0 Å². The summed E-state index contributed by atoms with van der Waals surface area (Å²) >= 11 is 0. The second-order valence-electron chi connectivity index (χ2n) is 3.55. The van der Waals surface area contributed by atoms with Crippen molar-refractivity contribution in [3.05, 3.63) is 0 Å². The molecule has 0 saturated carbocycles. The zero-order valence-corrected chi connectivity index (χ0v) is 5.77. The molecule has 0 spiro atoms. The summed E-state index contributed by atoms with van der Waals surface area (Å²) in [6, 6.07) is 0. The Morgan fingerprint density at radius 1 is 1.22 bits per heavy atom. The van der Waals surface area contributed by atoms with Crippen LogP contribution in [0.1, 0.15) is 23.4 Å². The maximum atomic E-state index is 7.50. The van der Waals surface area contributed by atoms with Crippen LogP contribution in [0.5, 0.6) is 0 Å². The Labute approximate surface area is 61.5 Å². The van der Waals surface area contributed by atoms with E-state index in [0.29, 0.717) is 4.48 Å². The topological polar surface area (TPSA) is 0 Å². The van der Waals surface area contributed by atoms with E-state index in [-0.39, 0.29) is 0 Å². The van der Waals surface area contributed by atoms with Gasteiger partial charge in [-0.2, -0.15) is 0 Å². The molecule has 0 aromatic carbocycles. The summed E-state index contributed by atoms with van der Waals surface area (Å²) in [5, 5.41) is 0. The predicted octanol–water partition coefficient (Wildman–Crippen LogP) is 1.25. The molecule has 9 heavy (non-hydrogen) atoms. The Hall–Kier alpha value is -0.0400. The van der Waals surface area contributed by atoms with Gasteiger partial charge in [0.05, 0.1) is 30.7 Å². The Morgan fingerprint density at radius 3 is 2.11 bits per heavy atom. The van der Waals surface area contributed by atoms with Gasteiger partial charge < -0.3 is 4.48 Å². The van der Waals surface area contributed by atoms with Crippen LogP contribution >= 0.6 is 0 Å². The average Bonchev–Trinajstić information content (AvgIpc) is 2.06. The third-order valence-corrected chi connectivity index (χ3v) is 2.90. The Balaban J connectivity index is 2.19. The highest BCUT2D eigenvalue weighted by Gasteiger charge is 2.35. The van der Waals surface area contributed by atoms with Crippen molar-refractivity contribution in [3.63, 3.8) is 0 Å². The van der Waals surface area contributed by atoms with Gasteiger partial charge in [-0.3, -0.25) is 0 Å². The molecule has 3 heterocycles. The molecule has 1 heteroatoms. The van der Waals surface area contributed by atoms with E-state index in [0.717, 1.165) is 44.8 Å². The maximum Gasteiger partial charge on any atom is 0.0887 e. The Bertz CT molecular complexity index is 165. The number of rotatable bonds is 0. The third-order valence-electron chi connectivity index (χ3n) is 2.90. The van der Waals surface area contributed by atoms with E-state index in [1.54, 1.807) is 0 Å². The zero-order valence-electron chi connectivity index (χ0n) is 8.77. The highest BCUT2D eigenvalue weighted by Crippen LogP contribution is 2.31. The van der Waals surface area contributed by atoms with Gasteiger partial charge in [-0.05, 0) is 25.2 Å². The molecule has 3 rings (SSSR count). The highest BCUT2D eigenvalue weighted by molar-refractivity contribution is 4.69. The monoisotopic (exact) mass is 129 g/mol. The van der Waals surface area contributed by atoms with Gasteiger partial charge in [-0.1, -0.05) is 0 Å². The third kappa shape index (κ3) is 0.877. The molecule has 0 aromatic rings. The van der Waals surface area contributed by atoms with E-state index in [2.05, 4.69) is 0 Å². The van der Waals surface area contributed by atoms with Crippen molar-refractivity contribution in [2.75, 3.05) is 26.6 Å². The normalized spacial score (nSPS) is 56.0. The van der Waals surface area contributed by atoms with E-state index in [4.69, 9.17) is 4.11 Å². The van der Waals surface area contributed by atoms with Crippen LogP contribution in [0.4, 0.5) is 0 Å². The molecule has 3 fully saturated rings. The fourth-order valence-corrected chi connectivity index (χ4v) is 2.06. The van der Waals surface area contributed by atoms with E-state index < -0.39 is 6.98 Å². The van der Waals surface area contributed by atoms with Gasteiger partial charge in [0.15, 0.2) is 0 Å². The molecule has 1 nitrogen and oxygen atoms in total. The van der Waals surface area contributed by atoms with Crippen molar-refractivity contribution in [2.45, 2.75) is 19.3 Å². The van der Waals surface area contributed by atoms with Gasteiger partial charge in [0.1, 0.15) is 0 Å². The van der Waals surface area contributed by atoms with Crippen molar-refractivity contribution in [1.82, 2.24) is 0 Å². The summed E-state index contributed by atoms with van der Waals surface area (Å²) in [6.07, 6.45) is 3.41. The molecule has 0 amide bonds. The summed E-state index contributed by atoms with van der Waals surface area (Å²) in [6.45, 7) is 0.912. The van der Waals surface area contributed by atoms with Gasteiger partial charge in [0.25, 0.3) is 0 Å². The van der Waals surface area contributed by atoms with Gasteiger partial charge in [0.2, 0.25) is 0 Å². The minimum Gasteiger partial charge on any atom is -0.326 e. The number of piperidine rings is 3. The first kappa shape index (κ1) is 3.38. The first-order valence-electron chi connectivity index (χ1n) is 5.40. The molecule has 2 bridgehead atoms. The van der Waals surface area contributed by atoms with Crippen LogP contribution in [0.15, 0.2) is 0 Å². The van der Waals surface area contributed by atoms with Crippen molar-refractivity contribution in [1.29, 1.82) is 0 Å². The van der Waals surface area contributed by atoms with Crippen LogP contribution in [0.3, 0.4) is 0 Å². The molecule has 0 atom stereocenters. The molecule has 0 radical (unpaired) electrons. The second-order valence-corrected chi connectivity index (χ2v) is 3.55. The van der Waals surface area contributed by atoms with Crippen molar-refractivity contribution in [3.8, 4) is 0 Å². The van der Waals surface area contributed by atoms with Crippen molar-refractivity contribution in [2.24, 2.45) is 5.92 Å². The average molecular weight is 129 g/mol. The summed E-state index contributed by atoms with van der Waals surface area (Å²) in [5.41, 5.74) is 0. The Kier molecular flexibility index (Phi) is 0.647. The fraction of sp³-hybridized carbons (Fsp3) is 1.00. The molecular formula is C8H16N+. The number of quaternary nitrogens is 1. The lowest BCUT2D eigenvalue weighted by atomic mass is 9.86. The standard InChI is InChI=1S/C8H16N/c1-9-5-2-8(3-6-9)4-7-9/h8H,2-7H2,1H3/q+1/i1D3. The lowest BCUT2D eigenvalue weighted by Gasteiger charge is -2.46. The number of hydrogen-bond acceptors (Lipinski definition) is 0. The van der Waals surface area contributed by atoms with E-state index in [1.807, 2.05) is 0 Å². The van der Waals surface area contributed by atoms with Gasteiger partial charge in [0, 0.05) is 0 Å². The van der Waals surface area contributed by atoms with E-state index >= 15 is 0 Å². The van der Waals surface area contributed by atoms with Crippen LogP contribution in [0.2, 0.25) is 0 Å². The largest absolute Gasteiger partial charge is 0.326 e. The fourth-order valence-electron chi connectivity index (χ4n) is 2.06. The number of nitrogens with zero attached hydrogens (tertiary/aromatic N) is 1. The van der Waals surface area contributed by atoms with Crippen molar-refractivity contribution >= 4 is 0 Å². The molecule has 52 valence electrons. The van der Waals surface area contributed by atoms with Gasteiger partial charge in [-0.25, -0.2) is 0 Å². The first-order valence-corrected chi connectivity index (χ1v) is 3.90. The minimum absolute atomic E-state index is 0.406. The quantitative estimate of drug-likeness (QED) is 0.432. The molecule has 3 aliphatic heterocycles. The van der Waals surface area contributed by atoms with E-state index in [1.165, 1.54) is 0 Å². The zero-order chi connectivity index (χ0) is 8.82. The molecule has 0 unspecified atom stereocenters. The molecular weight excluding hydrogens is 110 g/mol. The summed E-state index contributed by atoms with van der Waals surface area (Å²) < 4.78 is 22.9. The van der Waals surface area contributed by atoms with Crippen molar-refractivity contribution < 1.29 is 8.60 Å². The summed E-state index contributed by atoms with van der Waals surface area (Å²) in [4.78, 5) is 0. The second kappa shape index (κ2) is 1.72. The van der Waals surface area contributed by atoms with E-state index in [9.17, 15) is 0 Å². The van der Waals surface area contributed by atoms with Crippen LogP contribution in [0.25, 0.3) is 0 Å². The SMILES string of the molecule is [2H]C([2H])([2H])[N+]12CCC(CC1)CC2. The summed E-state index contributed by atoms with van der Waals surface area (Å²) in [7, 11) is 0. The van der Waals surface area contributed by atoms with Gasteiger partial charge >= 0.3 is 0 Å². The minimum atomic E-state index is -1.76. The summed E-state index contributed by atoms with van der Waals surface area (Å²) in [5.74, 6) is 0.840. The molecule has 0 aliphatic carbocycles. The van der Waals surface area contributed by atoms with Crippen LogP contribution in [-0.4, -0.2) is 31.1 Å². The number of fused-ring (bicyclic) bond motifs is 3.